The van der Waals surface area contributed by atoms with Crippen LogP contribution < -0.4 is 5.32 Å². The largest absolute Gasteiger partial charge is 0.314 e. The third kappa shape index (κ3) is 5.59. The van der Waals surface area contributed by atoms with Crippen molar-refractivity contribution in [3.8, 4) is 0 Å². The third-order valence-electron chi connectivity index (χ3n) is 3.23. The van der Waals surface area contributed by atoms with Gasteiger partial charge in [-0.15, -0.1) is 42.7 Å². The Labute approximate surface area is 154 Å². The Morgan fingerprint density at radius 2 is 2.00 bits per heavy atom. The van der Waals surface area contributed by atoms with Gasteiger partial charge in [-0.2, -0.15) is 0 Å². The van der Waals surface area contributed by atoms with E-state index in [0.717, 1.165) is 39.0 Å². The van der Waals surface area contributed by atoms with Crippen molar-refractivity contribution in [2.24, 2.45) is 0 Å². The average molecular weight is 467 g/mol. The minimum absolute atomic E-state index is 0. The minimum atomic E-state index is 0. The van der Waals surface area contributed by atoms with Crippen LogP contribution in [0.5, 0.6) is 0 Å². The highest BCUT2D eigenvalue weighted by molar-refractivity contribution is 9.13. The summed E-state index contributed by atoms with van der Waals surface area (Å²) in [4.78, 5) is 4.03. The zero-order valence-electron chi connectivity index (χ0n) is 11.1. The summed E-state index contributed by atoms with van der Waals surface area (Å²) in [5, 5.41) is 3.42. The van der Waals surface area contributed by atoms with E-state index in [1.807, 2.05) is 17.4 Å². The molecule has 20 heavy (non-hydrogen) atoms. The Balaban J connectivity index is 0.00000180. The van der Waals surface area contributed by atoms with E-state index in [9.17, 15) is 0 Å². The number of nitrogens with zero attached hydrogens (tertiary/aromatic N) is 1. The Hall–Kier alpha value is 0.900. The van der Waals surface area contributed by atoms with Gasteiger partial charge in [-0.05, 0) is 50.8 Å². The van der Waals surface area contributed by atoms with Gasteiger partial charge in [-0.1, -0.05) is 6.08 Å². The first-order chi connectivity index (χ1) is 8.72. The number of thiophene rings is 1. The molecule has 7 heteroatoms. The molecule has 0 aromatic carbocycles. The van der Waals surface area contributed by atoms with Gasteiger partial charge in [0.05, 0.1) is 3.79 Å². The summed E-state index contributed by atoms with van der Waals surface area (Å²) in [6.07, 6.45) is 4.25. The summed E-state index contributed by atoms with van der Waals surface area (Å²) < 4.78 is 2.36. The highest BCUT2D eigenvalue weighted by atomic mass is 79.9. The Kier molecular flexibility index (Phi) is 11.1. The lowest BCUT2D eigenvalue weighted by atomic mass is 10.1. The zero-order valence-corrected chi connectivity index (χ0v) is 16.7. The Morgan fingerprint density at radius 3 is 2.50 bits per heavy atom. The van der Waals surface area contributed by atoms with Gasteiger partial charge >= 0.3 is 0 Å². The van der Waals surface area contributed by atoms with Gasteiger partial charge in [0.25, 0.3) is 0 Å². The topological polar surface area (TPSA) is 15.3 Å². The third-order valence-corrected chi connectivity index (χ3v) is 6.59. The van der Waals surface area contributed by atoms with Crippen LogP contribution in [0.25, 0.3) is 0 Å². The number of piperazine rings is 1. The minimum Gasteiger partial charge on any atom is -0.314 e. The molecule has 0 unspecified atom stereocenters. The molecular formula is C13H20Br2Cl2N2S. The SMILES string of the molecule is C=CCC[C@H](c1cc(Br)c(Br)s1)N1CCNCC1.Cl.Cl. The molecule has 1 aliphatic rings. The molecule has 1 aromatic heterocycles. The fourth-order valence-electron chi connectivity index (χ4n) is 2.30. The molecule has 1 fully saturated rings. The molecule has 0 amide bonds. The molecule has 2 rings (SSSR count). The predicted molar refractivity (Wildman–Crippen MR) is 101 cm³/mol. The number of rotatable bonds is 5. The summed E-state index contributed by atoms with van der Waals surface area (Å²) in [5.41, 5.74) is 0. The van der Waals surface area contributed by atoms with E-state index < -0.39 is 0 Å². The molecule has 1 saturated heterocycles. The van der Waals surface area contributed by atoms with Gasteiger partial charge in [0.15, 0.2) is 0 Å². The van der Waals surface area contributed by atoms with Gasteiger partial charge in [-0.3, -0.25) is 4.90 Å². The number of hydrogen-bond acceptors (Lipinski definition) is 3. The zero-order chi connectivity index (χ0) is 13.0. The van der Waals surface area contributed by atoms with E-state index in [2.05, 4.69) is 54.7 Å². The molecule has 0 aliphatic carbocycles. The van der Waals surface area contributed by atoms with Crippen molar-refractivity contribution in [1.29, 1.82) is 0 Å². The Bertz CT molecular complexity index is 390. The second-order valence-electron chi connectivity index (χ2n) is 4.44. The van der Waals surface area contributed by atoms with E-state index in [0.29, 0.717) is 6.04 Å². The van der Waals surface area contributed by atoms with E-state index in [-0.39, 0.29) is 24.8 Å². The van der Waals surface area contributed by atoms with Crippen LogP contribution in [-0.2, 0) is 0 Å². The second kappa shape index (κ2) is 10.6. The van der Waals surface area contributed by atoms with Crippen LogP contribution in [0.1, 0.15) is 23.8 Å². The lowest BCUT2D eigenvalue weighted by Gasteiger charge is -2.34. The molecule has 1 N–H and O–H groups in total. The monoisotopic (exact) mass is 464 g/mol. The summed E-state index contributed by atoms with van der Waals surface area (Å²) in [6, 6.07) is 2.78. The molecule has 1 aliphatic heterocycles. The fourth-order valence-corrected chi connectivity index (χ4v) is 4.56. The summed E-state index contributed by atoms with van der Waals surface area (Å²) in [5.74, 6) is 0. The quantitative estimate of drug-likeness (QED) is 0.612. The smallest absolute Gasteiger partial charge is 0.0843 e. The molecule has 2 heterocycles. The van der Waals surface area contributed by atoms with Crippen LogP contribution >= 0.6 is 68.0 Å². The van der Waals surface area contributed by atoms with Gasteiger partial charge in [-0.25, -0.2) is 0 Å². The molecule has 1 aromatic rings. The molecule has 0 saturated carbocycles. The van der Waals surface area contributed by atoms with Crippen molar-refractivity contribution in [3.05, 3.63) is 31.9 Å². The van der Waals surface area contributed by atoms with Crippen LogP contribution in [0.15, 0.2) is 27.0 Å². The van der Waals surface area contributed by atoms with Crippen molar-refractivity contribution in [2.45, 2.75) is 18.9 Å². The van der Waals surface area contributed by atoms with Crippen molar-refractivity contribution in [2.75, 3.05) is 26.2 Å². The molecule has 0 bridgehead atoms. The molecule has 0 radical (unpaired) electrons. The highest BCUT2D eigenvalue weighted by Crippen LogP contribution is 2.39. The summed E-state index contributed by atoms with van der Waals surface area (Å²) in [7, 11) is 0. The van der Waals surface area contributed by atoms with Crippen molar-refractivity contribution < 1.29 is 0 Å². The molecule has 1 atom stereocenters. The maximum absolute atomic E-state index is 3.85. The average Bonchev–Trinajstić information content (AvgIpc) is 2.71. The van der Waals surface area contributed by atoms with Crippen molar-refractivity contribution >= 4 is 68.0 Å². The lowest BCUT2D eigenvalue weighted by molar-refractivity contribution is 0.168. The van der Waals surface area contributed by atoms with Crippen LogP contribution in [0.2, 0.25) is 0 Å². The van der Waals surface area contributed by atoms with Gasteiger partial charge in [0.1, 0.15) is 0 Å². The highest BCUT2D eigenvalue weighted by Gasteiger charge is 2.23. The molecule has 0 spiro atoms. The summed E-state index contributed by atoms with van der Waals surface area (Å²) >= 11 is 9.03. The maximum Gasteiger partial charge on any atom is 0.0843 e. The number of hydrogen-bond donors (Lipinski definition) is 1. The van der Waals surface area contributed by atoms with E-state index in [4.69, 9.17) is 0 Å². The standard InChI is InChI=1S/C13H18Br2N2S.2ClH/c1-2-3-4-11(17-7-5-16-6-8-17)12-9-10(14)13(15)18-12;;/h2,9,11,16H,1,3-8H2;2*1H/t11-;;/m1../s1. The van der Waals surface area contributed by atoms with E-state index in [1.165, 1.54) is 13.1 Å². The van der Waals surface area contributed by atoms with Crippen molar-refractivity contribution in [3.63, 3.8) is 0 Å². The predicted octanol–water partition coefficient (Wildman–Crippen LogP) is 5.03. The van der Waals surface area contributed by atoms with Gasteiger partial charge < -0.3 is 5.32 Å². The van der Waals surface area contributed by atoms with Gasteiger partial charge in [0.2, 0.25) is 0 Å². The van der Waals surface area contributed by atoms with Crippen LogP contribution in [0, 0.1) is 0 Å². The van der Waals surface area contributed by atoms with Gasteiger partial charge in [0, 0.05) is 41.6 Å². The number of halogens is 4. The number of allylic oxidation sites excluding steroid dienone is 1. The normalized spacial score (nSPS) is 16.9. The van der Waals surface area contributed by atoms with Crippen LogP contribution in [0.4, 0.5) is 0 Å². The maximum atomic E-state index is 3.85. The molecular weight excluding hydrogens is 447 g/mol. The second-order valence-corrected chi connectivity index (χ2v) is 7.69. The first kappa shape index (κ1) is 20.9. The van der Waals surface area contributed by atoms with E-state index in [1.54, 1.807) is 0 Å². The fraction of sp³-hybridized carbons (Fsp3) is 0.538. The first-order valence-electron chi connectivity index (χ1n) is 6.22. The Morgan fingerprint density at radius 1 is 1.35 bits per heavy atom. The first-order valence-corrected chi connectivity index (χ1v) is 8.63. The van der Waals surface area contributed by atoms with Crippen molar-refractivity contribution in [1.82, 2.24) is 10.2 Å². The summed E-state index contributed by atoms with van der Waals surface area (Å²) in [6.45, 7) is 8.31. The van der Waals surface area contributed by atoms with Crippen LogP contribution in [-0.4, -0.2) is 31.1 Å². The number of nitrogens with one attached hydrogen (secondary N) is 1. The molecule has 116 valence electrons. The van der Waals surface area contributed by atoms with Crippen LogP contribution in [0.3, 0.4) is 0 Å². The van der Waals surface area contributed by atoms with E-state index >= 15 is 0 Å². The molecule has 2 nitrogen and oxygen atoms in total. The lowest BCUT2D eigenvalue weighted by Crippen LogP contribution is -2.45.